The fourth-order valence-corrected chi connectivity index (χ4v) is 5.29. The van der Waals surface area contributed by atoms with E-state index in [0.717, 1.165) is 22.5 Å². The Kier molecular flexibility index (Phi) is 6.45. The van der Waals surface area contributed by atoms with Gasteiger partial charge in [-0.1, -0.05) is 30.3 Å². The highest BCUT2D eigenvalue weighted by Gasteiger charge is 2.35. The average molecular weight is 501 g/mol. The molecule has 9 heteroatoms. The summed E-state index contributed by atoms with van der Waals surface area (Å²) >= 11 is 0. The summed E-state index contributed by atoms with van der Waals surface area (Å²) in [5.74, 6) is 0.287. The van der Waals surface area contributed by atoms with Crippen LogP contribution in [0.1, 0.15) is 55.7 Å². The number of hydrogen-bond donors (Lipinski definition) is 1. The fourth-order valence-electron chi connectivity index (χ4n) is 5.29. The molecule has 2 atom stereocenters. The highest BCUT2D eigenvalue weighted by Crippen LogP contribution is 2.30. The maximum Gasteiger partial charge on any atom is 0.270 e. The zero-order valence-corrected chi connectivity index (χ0v) is 21.9. The molecule has 4 aromatic rings. The van der Waals surface area contributed by atoms with Gasteiger partial charge in [-0.15, -0.1) is 0 Å². The van der Waals surface area contributed by atoms with Crippen molar-refractivity contribution in [1.29, 1.82) is 0 Å². The Morgan fingerprint density at radius 2 is 1.89 bits per heavy atom. The molecule has 5 rings (SSSR count). The average Bonchev–Trinajstić information content (AvgIpc) is 3.41. The van der Waals surface area contributed by atoms with Crippen molar-refractivity contribution in [2.24, 2.45) is 7.05 Å². The van der Waals surface area contributed by atoms with Crippen LogP contribution in [-0.2, 0) is 7.05 Å². The number of benzene rings is 1. The number of carbonyl (C=O) groups excluding carboxylic acids is 2. The zero-order valence-electron chi connectivity index (χ0n) is 21.9. The fraction of sp³-hybridized carbons (Fsp3) is 0.357. The Morgan fingerprint density at radius 1 is 1.14 bits per heavy atom. The number of nitrogens with zero attached hydrogens (tertiary/aromatic N) is 5. The highest BCUT2D eigenvalue weighted by molar-refractivity contribution is 5.96. The second kappa shape index (κ2) is 9.72. The van der Waals surface area contributed by atoms with E-state index >= 15 is 0 Å². The van der Waals surface area contributed by atoms with Crippen molar-refractivity contribution in [1.82, 2.24) is 29.4 Å². The van der Waals surface area contributed by atoms with Crippen LogP contribution in [-0.4, -0.2) is 62.1 Å². The minimum atomic E-state index is -0.142. The van der Waals surface area contributed by atoms with E-state index in [2.05, 4.69) is 27.5 Å². The summed E-state index contributed by atoms with van der Waals surface area (Å²) in [7, 11) is 3.37. The van der Waals surface area contributed by atoms with Crippen LogP contribution in [0, 0.1) is 20.8 Å². The first kappa shape index (κ1) is 24.5. The Bertz CT molecular complexity index is 1470. The number of aryl methyl sites for hydroxylation is 3. The molecular formula is C28H32N6O3. The first-order valence-corrected chi connectivity index (χ1v) is 12.5. The van der Waals surface area contributed by atoms with Crippen LogP contribution in [0.25, 0.3) is 5.65 Å². The number of nitrogens with one attached hydrogen (secondary N) is 1. The molecule has 1 aromatic carbocycles. The SMILES string of the molecule is COc1cc(C(=O)N2CC[C@@H](NC(=O)c3c(C)c(C)nn3C)[C@@H](c3ccccc3)C2)cn2c(C)cnc12. The van der Waals surface area contributed by atoms with Gasteiger partial charge in [0.15, 0.2) is 11.4 Å². The highest BCUT2D eigenvalue weighted by atomic mass is 16.5. The summed E-state index contributed by atoms with van der Waals surface area (Å²) in [5, 5.41) is 7.65. The van der Waals surface area contributed by atoms with Crippen molar-refractivity contribution in [3.05, 3.63) is 82.6 Å². The summed E-state index contributed by atoms with van der Waals surface area (Å²) in [5.41, 5.74) is 5.52. The summed E-state index contributed by atoms with van der Waals surface area (Å²) < 4.78 is 9.04. The number of pyridine rings is 1. The molecule has 0 saturated carbocycles. The van der Waals surface area contributed by atoms with Gasteiger partial charge in [0.1, 0.15) is 5.69 Å². The lowest BCUT2D eigenvalue weighted by Gasteiger charge is -2.39. The number of aromatic nitrogens is 4. The predicted octanol–water partition coefficient (Wildman–Crippen LogP) is 3.43. The van der Waals surface area contributed by atoms with E-state index in [0.29, 0.717) is 42.2 Å². The van der Waals surface area contributed by atoms with Gasteiger partial charge in [-0.25, -0.2) is 4.98 Å². The smallest absolute Gasteiger partial charge is 0.270 e. The van der Waals surface area contributed by atoms with Gasteiger partial charge in [-0.05, 0) is 38.8 Å². The minimum Gasteiger partial charge on any atom is -0.493 e. The summed E-state index contributed by atoms with van der Waals surface area (Å²) in [6.07, 6.45) is 4.22. The molecule has 0 unspecified atom stereocenters. The molecule has 0 radical (unpaired) electrons. The largest absolute Gasteiger partial charge is 0.493 e. The number of piperidine rings is 1. The van der Waals surface area contributed by atoms with Gasteiger partial charge in [-0.2, -0.15) is 5.10 Å². The molecule has 192 valence electrons. The van der Waals surface area contributed by atoms with Crippen molar-refractivity contribution >= 4 is 17.5 Å². The Labute approximate surface area is 216 Å². The van der Waals surface area contributed by atoms with Gasteiger partial charge in [0, 0.05) is 55.7 Å². The summed E-state index contributed by atoms with van der Waals surface area (Å²) in [4.78, 5) is 33.3. The molecule has 1 fully saturated rings. The number of methoxy groups -OCH3 is 1. The quantitative estimate of drug-likeness (QED) is 0.453. The third-order valence-electron chi connectivity index (χ3n) is 7.40. The number of likely N-dealkylation sites (tertiary alicyclic amines) is 1. The van der Waals surface area contributed by atoms with Crippen molar-refractivity contribution in [2.75, 3.05) is 20.2 Å². The lowest BCUT2D eigenvalue weighted by Crippen LogP contribution is -2.51. The van der Waals surface area contributed by atoms with Crippen LogP contribution in [0.5, 0.6) is 5.75 Å². The standard InChI is InChI=1S/C28H32N6O3/c1-17-14-29-26-24(37-5)13-21(15-34(17)26)28(36)33-12-11-23(22(16-33)20-9-7-6-8-10-20)30-27(35)25-18(2)19(3)31-32(25)4/h6-10,13-15,22-23H,11-12,16H2,1-5H3,(H,30,35)/t22-,23-/m1/s1. The van der Waals surface area contributed by atoms with E-state index in [1.165, 1.54) is 0 Å². The molecular weight excluding hydrogens is 468 g/mol. The van der Waals surface area contributed by atoms with Crippen molar-refractivity contribution in [3.8, 4) is 5.75 Å². The lowest BCUT2D eigenvalue weighted by atomic mass is 9.85. The molecule has 0 spiro atoms. The first-order valence-electron chi connectivity index (χ1n) is 12.5. The Balaban J connectivity index is 1.43. The van der Waals surface area contributed by atoms with E-state index in [-0.39, 0.29) is 23.8 Å². The van der Waals surface area contributed by atoms with Crippen LogP contribution in [0.2, 0.25) is 0 Å². The molecule has 1 saturated heterocycles. The molecule has 1 N–H and O–H groups in total. The minimum absolute atomic E-state index is 0.0573. The van der Waals surface area contributed by atoms with Crippen LogP contribution in [0.3, 0.4) is 0 Å². The molecule has 0 bridgehead atoms. The molecule has 3 aromatic heterocycles. The van der Waals surface area contributed by atoms with Crippen LogP contribution >= 0.6 is 0 Å². The number of rotatable bonds is 5. The topological polar surface area (TPSA) is 93.8 Å². The molecule has 37 heavy (non-hydrogen) atoms. The normalized spacial score (nSPS) is 17.7. The lowest BCUT2D eigenvalue weighted by molar-refractivity contribution is 0.0670. The summed E-state index contributed by atoms with van der Waals surface area (Å²) in [6, 6.07) is 11.7. The van der Waals surface area contributed by atoms with Crippen molar-refractivity contribution < 1.29 is 14.3 Å². The van der Waals surface area contributed by atoms with Crippen molar-refractivity contribution in [3.63, 3.8) is 0 Å². The van der Waals surface area contributed by atoms with Crippen LogP contribution in [0.15, 0.2) is 48.8 Å². The van der Waals surface area contributed by atoms with Gasteiger partial charge in [-0.3, -0.25) is 14.3 Å². The Hall–Kier alpha value is -4.14. The maximum absolute atomic E-state index is 13.7. The molecule has 4 heterocycles. The van der Waals surface area contributed by atoms with Gasteiger partial charge >= 0.3 is 0 Å². The maximum atomic E-state index is 13.7. The van der Waals surface area contributed by atoms with E-state index < -0.39 is 0 Å². The van der Waals surface area contributed by atoms with E-state index in [9.17, 15) is 9.59 Å². The third kappa shape index (κ3) is 4.45. The third-order valence-corrected chi connectivity index (χ3v) is 7.40. The number of fused-ring (bicyclic) bond motifs is 1. The first-order chi connectivity index (χ1) is 17.8. The van der Waals surface area contributed by atoms with E-state index in [1.54, 1.807) is 31.1 Å². The molecule has 2 amide bonds. The van der Waals surface area contributed by atoms with Gasteiger partial charge in [0.05, 0.1) is 18.4 Å². The van der Waals surface area contributed by atoms with Gasteiger partial charge in [0.2, 0.25) is 0 Å². The number of carbonyl (C=O) groups is 2. The monoisotopic (exact) mass is 500 g/mol. The summed E-state index contributed by atoms with van der Waals surface area (Å²) in [6.45, 7) is 6.78. The second-order valence-corrected chi connectivity index (χ2v) is 9.71. The number of hydrogen-bond acceptors (Lipinski definition) is 5. The van der Waals surface area contributed by atoms with Crippen LogP contribution in [0.4, 0.5) is 0 Å². The molecule has 0 aliphatic carbocycles. The second-order valence-electron chi connectivity index (χ2n) is 9.71. The number of imidazole rings is 1. The molecule has 1 aliphatic rings. The number of ether oxygens (including phenoxy) is 1. The van der Waals surface area contributed by atoms with E-state index in [1.807, 2.05) is 54.5 Å². The zero-order chi connectivity index (χ0) is 26.3. The molecule has 9 nitrogen and oxygen atoms in total. The van der Waals surface area contributed by atoms with Gasteiger partial charge < -0.3 is 19.4 Å². The van der Waals surface area contributed by atoms with Crippen molar-refractivity contribution in [2.45, 2.75) is 39.2 Å². The Morgan fingerprint density at radius 3 is 2.57 bits per heavy atom. The van der Waals surface area contributed by atoms with Gasteiger partial charge in [0.25, 0.3) is 11.8 Å². The predicted molar refractivity (Wildman–Crippen MR) is 140 cm³/mol. The van der Waals surface area contributed by atoms with E-state index in [4.69, 9.17) is 4.74 Å². The van der Waals surface area contributed by atoms with Crippen LogP contribution < -0.4 is 10.1 Å². The molecule has 1 aliphatic heterocycles. The number of amides is 2.